The SMILES string of the molecule is Nc1ccc(-n2cc(Cc3cnc(C(=O)Nc4ccc(C(=O)NCC5CC5N)c(Cl)c4)[nH]3)c(C(F)(F)F)n2)nc1. The lowest BCUT2D eigenvalue weighted by Crippen LogP contribution is -2.27. The minimum atomic E-state index is -4.72. The van der Waals surface area contributed by atoms with Gasteiger partial charge in [0.1, 0.15) is 0 Å². The second kappa shape index (κ2) is 10.6. The average molecular weight is 574 g/mol. The molecule has 0 spiro atoms. The van der Waals surface area contributed by atoms with Gasteiger partial charge in [0.15, 0.2) is 17.3 Å². The van der Waals surface area contributed by atoms with Crippen molar-refractivity contribution in [1.29, 1.82) is 0 Å². The molecule has 11 nitrogen and oxygen atoms in total. The van der Waals surface area contributed by atoms with E-state index in [0.29, 0.717) is 17.9 Å². The third-order valence-electron chi connectivity index (χ3n) is 6.26. The number of amides is 2. The highest BCUT2D eigenvalue weighted by Crippen LogP contribution is 2.32. The summed E-state index contributed by atoms with van der Waals surface area (Å²) in [4.78, 5) is 35.8. The van der Waals surface area contributed by atoms with E-state index in [1.165, 1.54) is 48.9 Å². The zero-order chi connectivity index (χ0) is 28.6. The highest BCUT2D eigenvalue weighted by Gasteiger charge is 2.37. The first-order valence-electron chi connectivity index (χ1n) is 12.0. The van der Waals surface area contributed by atoms with Crippen molar-refractivity contribution in [3.05, 3.63) is 82.3 Å². The molecular weight excluding hydrogens is 551 g/mol. The van der Waals surface area contributed by atoms with Crippen molar-refractivity contribution < 1.29 is 22.8 Å². The summed E-state index contributed by atoms with van der Waals surface area (Å²) in [7, 11) is 0. The van der Waals surface area contributed by atoms with E-state index in [1.54, 1.807) is 0 Å². The molecule has 2 amide bonds. The number of rotatable bonds is 8. The van der Waals surface area contributed by atoms with Crippen molar-refractivity contribution in [2.45, 2.75) is 25.1 Å². The number of imidazole rings is 1. The van der Waals surface area contributed by atoms with Crippen LogP contribution in [0.4, 0.5) is 24.5 Å². The summed E-state index contributed by atoms with van der Waals surface area (Å²) in [6, 6.07) is 7.43. The molecule has 4 aromatic rings. The lowest BCUT2D eigenvalue weighted by molar-refractivity contribution is -0.141. The number of aromatic nitrogens is 5. The Hall–Kier alpha value is -4.43. The Morgan fingerprint density at radius 1 is 1.15 bits per heavy atom. The quantitative estimate of drug-likeness (QED) is 0.215. The number of benzene rings is 1. The maximum absolute atomic E-state index is 13.7. The van der Waals surface area contributed by atoms with Gasteiger partial charge in [0.2, 0.25) is 0 Å². The fraction of sp³-hybridized carbons (Fsp3) is 0.240. The summed E-state index contributed by atoms with van der Waals surface area (Å²) in [5.74, 6) is -0.720. The van der Waals surface area contributed by atoms with Crippen LogP contribution >= 0.6 is 11.6 Å². The van der Waals surface area contributed by atoms with Gasteiger partial charge in [0, 0.05) is 48.3 Å². The Kier molecular flexibility index (Phi) is 7.21. The van der Waals surface area contributed by atoms with Gasteiger partial charge in [0.25, 0.3) is 11.8 Å². The van der Waals surface area contributed by atoms with Crippen molar-refractivity contribution in [3.63, 3.8) is 0 Å². The number of hydrogen-bond acceptors (Lipinski definition) is 7. The lowest BCUT2D eigenvalue weighted by atomic mass is 10.1. The number of anilines is 2. The smallest absolute Gasteiger partial charge is 0.397 e. The van der Waals surface area contributed by atoms with E-state index in [1.807, 2.05) is 0 Å². The number of hydrogen-bond donors (Lipinski definition) is 5. The topological polar surface area (TPSA) is 170 Å². The van der Waals surface area contributed by atoms with E-state index in [9.17, 15) is 22.8 Å². The van der Waals surface area contributed by atoms with Gasteiger partial charge in [-0.25, -0.2) is 14.6 Å². The van der Waals surface area contributed by atoms with Gasteiger partial charge in [-0.05, 0) is 42.7 Å². The molecule has 15 heteroatoms. The molecule has 1 aliphatic carbocycles. The first-order valence-corrected chi connectivity index (χ1v) is 12.4. The van der Waals surface area contributed by atoms with Crippen LogP contribution in [0.1, 0.15) is 44.3 Å². The zero-order valence-corrected chi connectivity index (χ0v) is 21.4. The molecule has 0 radical (unpaired) electrons. The summed E-state index contributed by atoms with van der Waals surface area (Å²) < 4.78 is 42.1. The summed E-state index contributed by atoms with van der Waals surface area (Å²) in [5.41, 5.74) is 11.2. The minimum absolute atomic E-state index is 0.103. The van der Waals surface area contributed by atoms with Gasteiger partial charge >= 0.3 is 6.18 Å². The number of pyridine rings is 1. The van der Waals surface area contributed by atoms with Gasteiger partial charge in [-0.3, -0.25) is 9.59 Å². The number of carbonyl (C=O) groups is 2. The van der Waals surface area contributed by atoms with E-state index in [4.69, 9.17) is 23.1 Å². The van der Waals surface area contributed by atoms with Gasteiger partial charge in [0.05, 0.1) is 22.5 Å². The molecule has 2 atom stereocenters. The molecule has 0 aliphatic heterocycles. The van der Waals surface area contributed by atoms with Crippen molar-refractivity contribution >= 4 is 34.8 Å². The number of nitrogens with one attached hydrogen (secondary N) is 3. The minimum Gasteiger partial charge on any atom is -0.397 e. The second-order valence-electron chi connectivity index (χ2n) is 9.35. The molecule has 2 unspecified atom stereocenters. The largest absolute Gasteiger partial charge is 0.435 e. The van der Waals surface area contributed by atoms with Crippen molar-refractivity contribution in [1.82, 2.24) is 30.0 Å². The summed E-state index contributed by atoms with van der Waals surface area (Å²) >= 11 is 6.24. The highest BCUT2D eigenvalue weighted by molar-refractivity contribution is 6.34. The van der Waals surface area contributed by atoms with Crippen LogP contribution in [0, 0.1) is 5.92 Å². The molecule has 5 rings (SSSR count). The predicted molar refractivity (Wildman–Crippen MR) is 140 cm³/mol. The Labute approximate surface area is 230 Å². The normalized spacial score (nSPS) is 16.5. The fourth-order valence-corrected chi connectivity index (χ4v) is 4.26. The standard InChI is InChI=1S/C25H23ClF3N9O2/c26-18-7-15(2-3-17(18)23(39)34-8-12-6-19(12)31)36-24(40)22-33-10-16(35-22)5-13-11-38(37-21(13)25(27,28)29)20-4-1-14(30)9-32-20/h1-4,7,9-12,19H,5-6,8,30-31H2,(H,33,35)(H,34,39)(H,36,40). The first-order chi connectivity index (χ1) is 19.0. The van der Waals surface area contributed by atoms with Crippen LogP contribution in [0.15, 0.2) is 48.9 Å². The molecule has 3 aromatic heterocycles. The fourth-order valence-electron chi connectivity index (χ4n) is 3.99. The molecule has 1 fully saturated rings. The van der Waals surface area contributed by atoms with Crippen LogP contribution in [0.3, 0.4) is 0 Å². The summed E-state index contributed by atoms with van der Waals surface area (Å²) in [6.07, 6.45) is -0.305. The van der Waals surface area contributed by atoms with Crippen LogP contribution in [-0.4, -0.2) is 49.1 Å². The van der Waals surface area contributed by atoms with Gasteiger partial charge in [-0.15, -0.1) is 0 Å². The predicted octanol–water partition coefficient (Wildman–Crippen LogP) is 3.16. The molecule has 40 heavy (non-hydrogen) atoms. The molecule has 208 valence electrons. The molecule has 3 heterocycles. The van der Waals surface area contributed by atoms with E-state index in [-0.39, 0.29) is 57.8 Å². The maximum Gasteiger partial charge on any atom is 0.435 e. The number of nitrogen functional groups attached to an aromatic ring is 1. The number of carbonyl (C=O) groups excluding carboxylic acids is 2. The van der Waals surface area contributed by atoms with Gasteiger partial charge in [-0.1, -0.05) is 11.6 Å². The van der Waals surface area contributed by atoms with E-state index in [2.05, 4.69) is 30.7 Å². The lowest BCUT2D eigenvalue weighted by Gasteiger charge is -2.09. The number of halogens is 4. The molecule has 0 bridgehead atoms. The average Bonchev–Trinajstić information content (AvgIpc) is 3.25. The number of nitrogens with two attached hydrogens (primary N) is 2. The molecular formula is C25H23ClF3N9O2. The zero-order valence-electron chi connectivity index (χ0n) is 20.7. The van der Waals surface area contributed by atoms with Crippen LogP contribution in [0.5, 0.6) is 0 Å². The molecule has 1 aliphatic rings. The van der Waals surface area contributed by atoms with Gasteiger partial charge < -0.3 is 27.1 Å². The summed E-state index contributed by atoms with van der Waals surface area (Å²) in [6.45, 7) is 0.458. The number of nitrogens with zero attached hydrogens (tertiary/aromatic N) is 4. The van der Waals surface area contributed by atoms with E-state index in [0.717, 1.165) is 11.1 Å². The maximum atomic E-state index is 13.7. The molecule has 7 N–H and O–H groups in total. The van der Waals surface area contributed by atoms with Crippen molar-refractivity contribution in [2.24, 2.45) is 11.7 Å². The van der Waals surface area contributed by atoms with E-state index >= 15 is 0 Å². The van der Waals surface area contributed by atoms with Crippen LogP contribution in [0.2, 0.25) is 5.02 Å². The highest BCUT2D eigenvalue weighted by atomic mass is 35.5. The Bertz CT molecular complexity index is 1570. The molecule has 1 saturated carbocycles. The van der Waals surface area contributed by atoms with Crippen LogP contribution in [0.25, 0.3) is 5.82 Å². The van der Waals surface area contributed by atoms with Crippen molar-refractivity contribution in [3.8, 4) is 5.82 Å². The summed E-state index contributed by atoms with van der Waals surface area (Å²) in [5, 5.41) is 9.16. The number of H-pyrrole nitrogens is 1. The van der Waals surface area contributed by atoms with Gasteiger partial charge in [-0.2, -0.15) is 18.3 Å². The van der Waals surface area contributed by atoms with Crippen LogP contribution in [-0.2, 0) is 12.6 Å². The van der Waals surface area contributed by atoms with E-state index < -0.39 is 17.8 Å². The first kappa shape index (κ1) is 27.1. The Morgan fingerprint density at radius 3 is 2.58 bits per heavy atom. The van der Waals surface area contributed by atoms with Crippen LogP contribution < -0.4 is 22.1 Å². The number of aromatic amines is 1. The Balaban J connectivity index is 1.26. The third kappa shape index (κ3) is 6.07. The Morgan fingerprint density at radius 2 is 1.93 bits per heavy atom. The monoisotopic (exact) mass is 573 g/mol. The second-order valence-corrected chi connectivity index (χ2v) is 9.75. The molecule has 0 saturated heterocycles. The third-order valence-corrected chi connectivity index (χ3v) is 6.57. The number of alkyl halides is 3. The van der Waals surface area contributed by atoms with Crippen molar-refractivity contribution in [2.75, 3.05) is 17.6 Å². The molecule has 1 aromatic carbocycles.